The van der Waals surface area contributed by atoms with E-state index in [0.29, 0.717) is 24.9 Å². The molecule has 1 aromatic rings. The van der Waals surface area contributed by atoms with E-state index in [4.69, 9.17) is 5.11 Å². The van der Waals surface area contributed by atoms with Gasteiger partial charge < -0.3 is 14.9 Å². The fourth-order valence-electron chi connectivity index (χ4n) is 2.92. The van der Waals surface area contributed by atoms with Crippen LogP contribution in [-0.2, 0) is 16.0 Å². The summed E-state index contributed by atoms with van der Waals surface area (Å²) in [4.78, 5) is 38.6. The fraction of sp³-hybridized carbons (Fsp3) is 0.500. The van der Waals surface area contributed by atoms with Gasteiger partial charge in [-0.05, 0) is 36.1 Å². The Morgan fingerprint density at radius 2 is 2.00 bits per heavy atom. The van der Waals surface area contributed by atoms with Gasteiger partial charge in [-0.3, -0.25) is 14.4 Å². The van der Waals surface area contributed by atoms with Gasteiger partial charge in [0.25, 0.3) is 5.91 Å². The van der Waals surface area contributed by atoms with Gasteiger partial charge in [-0.2, -0.15) is 0 Å². The quantitative estimate of drug-likeness (QED) is 0.866. The molecule has 0 saturated carbocycles. The molecule has 130 valence electrons. The monoisotopic (exact) mass is 332 g/mol. The number of aliphatic carboxylic acids is 1. The van der Waals surface area contributed by atoms with Crippen LogP contribution in [0.3, 0.4) is 0 Å². The van der Waals surface area contributed by atoms with Crippen molar-refractivity contribution in [2.45, 2.75) is 33.1 Å². The number of rotatable bonds is 6. The van der Waals surface area contributed by atoms with E-state index in [9.17, 15) is 14.4 Å². The number of fused-ring (bicyclic) bond motifs is 1. The van der Waals surface area contributed by atoms with Crippen LogP contribution in [0.15, 0.2) is 18.2 Å². The van der Waals surface area contributed by atoms with Crippen molar-refractivity contribution in [3.8, 4) is 0 Å². The van der Waals surface area contributed by atoms with E-state index in [2.05, 4.69) is 0 Å². The van der Waals surface area contributed by atoms with Gasteiger partial charge in [0, 0.05) is 37.8 Å². The number of amides is 2. The largest absolute Gasteiger partial charge is 0.481 e. The molecule has 1 aromatic carbocycles. The van der Waals surface area contributed by atoms with Crippen molar-refractivity contribution < 1.29 is 19.5 Å². The van der Waals surface area contributed by atoms with Crippen molar-refractivity contribution >= 4 is 23.5 Å². The Labute approximate surface area is 142 Å². The average molecular weight is 332 g/mol. The molecule has 1 aliphatic heterocycles. The molecule has 0 atom stereocenters. The van der Waals surface area contributed by atoms with Crippen molar-refractivity contribution in [2.24, 2.45) is 5.92 Å². The van der Waals surface area contributed by atoms with E-state index in [-0.39, 0.29) is 30.7 Å². The van der Waals surface area contributed by atoms with E-state index in [0.717, 1.165) is 11.3 Å². The zero-order valence-electron chi connectivity index (χ0n) is 14.4. The third kappa shape index (κ3) is 4.13. The van der Waals surface area contributed by atoms with Crippen molar-refractivity contribution in [3.05, 3.63) is 29.3 Å². The molecule has 0 spiro atoms. The van der Waals surface area contributed by atoms with Crippen molar-refractivity contribution in [3.63, 3.8) is 0 Å². The third-order valence-corrected chi connectivity index (χ3v) is 4.14. The van der Waals surface area contributed by atoms with Gasteiger partial charge in [-0.25, -0.2) is 0 Å². The summed E-state index contributed by atoms with van der Waals surface area (Å²) in [5, 5.41) is 8.89. The van der Waals surface area contributed by atoms with Crippen LogP contribution in [0.2, 0.25) is 0 Å². The molecule has 0 unspecified atom stereocenters. The summed E-state index contributed by atoms with van der Waals surface area (Å²) in [7, 11) is 1.74. The zero-order valence-corrected chi connectivity index (χ0v) is 14.4. The normalized spacial score (nSPS) is 13.8. The first-order chi connectivity index (χ1) is 11.3. The molecular weight excluding hydrogens is 308 g/mol. The van der Waals surface area contributed by atoms with Crippen molar-refractivity contribution in [2.75, 3.05) is 25.0 Å². The van der Waals surface area contributed by atoms with Crippen molar-refractivity contribution in [1.82, 2.24) is 4.90 Å². The number of carbonyl (C=O) groups is 3. The van der Waals surface area contributed by atoms with Gasteiger partial charge in [0.05, 0.1) is 6.42 Å². The summed E-state index contributed by atoms with van der Waals surface area (Å²) in [5.74, 6) is -0.747. The lowest BCUT2D eigenvalue weighted by Crippen LogP contribution is -2.36. The highest BCUT2D eigenvalue weighted by Gasteiger charge is 2.23. The molecule has 1 aliphatic rings. The number of anilines is 1. The first kappa shape index (κ1) is 18.0. The Hall–Kier alpha value is -2.37. The van der Waals surface area contributed by atoms with Crippen LogP contribution in [0.5, 0.6) is 0 Å². The van der Waals surface area contributed by atoms with Crippen LogP contribution in [0.4, 0.5) is 5.69 Å². The summed E-state index contributed by atoms with van der Waals surface area (Å²) in [6.45, 7) is 4.70. The molecule has 2 rings (SSSR count). The van der Waals surface area contributed by atoms with Gasteiger partial charge in [0.2, 0.25) is 5.91 Å². The smallest absolute Gasteiger partial charge is 0.305 e. The average Bonchev–Trinajstić information content (AvgIpc) is 2.53. The van der Waals surface area contributed by atoms with E-state index >= 15 is 0 Å². The maximum Gasteiger partial charge on any atom is 0.305 e. The number of nitrogens with zero attached hydrogens (tertiary/aromatic N) is 2. The number of carboxylic acid groups (broad SMARTS) is 1. The maximum atomic E-state index is 12.8. The molecule has 0 radical (unpaired) electrons. The van der Waals surface area contributed by atoms with Crippen LogP contribution < -0.4 is 4.90 Å². The zero-order chi connectivity index (χ0) is 17.9. The second-order valence-corrected chi connectivity index (χ2v) is 6.59. The Kier molecular flexibility index (Phi) is 5.59. The summed E-state index contributed by atoms with van der Waals surface area (Å²) >= 11 is 0. The maximum absolute atomic E-state index is 12.8. The fourth-order valence-corrected chi connectivity index (χ4v) is 2.92. The van der Waals surface area contributed by atoms with Gasteiger partial charge in [0.1, 0.15) is 0 Å². The molecule has 0 bridgehead atoms. The molecule has 2 amide bonds. The molecular formula is C18H24N2O4. The predicted octanol–water partition coefficient (Wildman–Crippen LogP) is 2.17. The van der Waals surface area contributed by atoms with Gasteiger partial charge >= 0.3 is 5.97 Å². The number of benzene rings is 1. The SMILES string of the molecule is CC(C)CN(CCC(=O)O)C(=O)c1ccc2c(c1)CCC(=O)N2C. The minimum absolute atomic E-state index is 0.0688. The second kappa shape index (κ2) is 7.47. The summed E-state index contributed by atoms with van der Waals surface area (Å²) in [6.07, 6.45) is 0.995. The lowest BCUT2D eigenvalue weighted by Gasteiger charge is -2.28. The van der Waals surface area contributed by atoms with Gasteiger partial charge in [-0.15, -0.1) is 0 Å². The van der Waals surface area contributed by atoms with Crippen LogP contribution >= 0.6 is 0 Å². The molecule has 6 nitrogen and oxygen atoms in total. The molecule has 0 fully saturated rings. The third-order valence-electron chi connectivity index (χ3n) is 4.14. The number of carbonyl (C=O) groups excluding carboxylic acids is 2. The second-order valence-electron chi connectivity index (χ2n) is 6.59. The molecule has 0 aliphatic carbocycles. The molecule has 0 aromatic heterocycles. The topological polar surface area (TPSA) is 77.9 Å². The standard InChI is InChI=1S/C18H24N2O4/c1-12(2)11-20(9-8-17(22)23)18(24)14-4-6-15-13(10-14)5-7-16(21)19(15)3/h4,6,10,12H,5,7-9,11H2,1-3H3,(H,22,23). The molecule has 6 heteroatoms. The van der Waals surface area contributed by atoms with E-state index in [1.54, 1.807) is 29.0 Å². The lowest BCUT2D eigenvalue weighted by atomic mass is 9.98. The van der Waals surface area contributed by atoms with Crippen LogP contribution in [-0.4, -0.2) is 47.9 Å². The first-order valence-corrected chi connectivity index (χ1v) is 8.20. The Balaban J connectivity index is 2.23. The predicted molar refractivity (Wildman–Crippen MR) is 91.2 cm³/mol. The van der Waals surface area contributed by atoms with Gasteiger partial charge in [0.15, 0.2) is 0 Å². The lowest BCUT2D eigenvalue weighted by molar-refractivity contribution is -0.137. The van der Waals surface area contributed by atoms with Crippen molar-refractivity contribution in [1.29, 1.82) is 0 Å². The molecule has 1 N–H and O–H groups in total. The Bertz CT molecular complexity index is 654. The Morgan fingerprint density at radius 3 is 2.62 bits per heavy atom. The summed E-state index contributed by atoms with van der Waals surface area (Å²) in [5.41, 5.74) is 2.36. The number of hydrogen-bond donors (Lipinski definition) is 1. The first-order valence-electron chi connectivity index (χ1n) is 8.20. The Morgan fingerprint density at radius 1 is 1.29 bits per heavy atom. The number of hydrogen-bond acceptors (Lipinski definition) is 3. The summed E-state index contributed by atoms with van der Waals surface area (Å²) < 4.78 is 0. The van der Waals surface area contributed by atoms with Crippen LogP contribution in [0.1, 0.15) is 42.6 Å². The number of carboxylic acids is 1. The van der Waals surface area contributed by atoms with E-state index < -0.39 is 5.97 Å². The summed E-state index contributed by atoms with van der Waals surface area (Å²) in [6, 6.07) is 5.34. The highest BCUT2D eigenvalue weighted by molar-refractivity contribution is 5.99. The minimum atomic E-state index is -0.915. The number of aryl methyl sites for hydroxylation is 1. The van der Waals surface area contributed by atoms with Crippen LogP contribution in [0.25, 0.3) is 0 Å². The van der Waals surface area contributed by atoms with Gasteiger partial charge in [-0.1, -0.05) is 13.8 Å². The molecule has 0 saturated heterocycles. The highest BCUT2D eigenvalue weighted by atomic mass is 16.4. The van der Waals surface area contributed by atoms with Crippen LogP contribution in [0, 0.1) is 5.92 Å². The molecule has 24 heavy (non-hydrogen) atoms. The highest BCUT2D eigenvalue weighted by Crippen LogP contribution is 2.28. The van der Waals surface area contributed by atoms with E-state index in [1.807, 2.05) is 19.9 Å². The minimum Gasteiger partial charge on any atom is -0.481 e. The van der Waals surface area contributed by atoms with E-state index in [1.165, 1.54) is 0 Å². The molecule has 1 heterocycles.